The second kappa shape index (κ2) is 6.86. The summed E-state index contributed by atoms with van der Waals surface area (Å²) in [7, 11) is 1.82. The number of likely N-dealkylation sites (N-methyl/N-ethyl adjacent to an activating group) is 1. The van der Waals surface area contributed by atoms with Crippen LogP contribution in [0.4, 0.5) is 0 Å². The molecule has 2 aromatic carbocycles. The van der Waals surface area contributed by atoms with E-state index in [4.69, 9.17) is 4.74 Å². The van der Waals surface area contributed by atoms with E-state index in [0.29, 0.717) is 6.54 Å². The zero-order valence-electron chi connectivity index (χ0n) is 13.8. The van der Waals surface area contributed by atoms with Crippen LogP contribution in [0.5, 0.6) is 5.75 Å². The van der Waals surface area contributed by atoms with Gasteiger partial charge in [-0.2, -0.15) is 0 Å². The van der Waals surface area contributed by atoms with Crippen LogP contribution in [-0.2, 0) is 24.2 Å². The molecule has 3 nitrogen and oxygen atoms in total. The second-order valence-corrected chi connectivity index (χ2v) is 6.25. The van der Waals surface area contributed by atoms with Gasteiger partial charge in [0.05, 0.1) is 0 Å². The molecule has 0 atom stereocenters. The van der Waals surface area contributed by atoms with Gasteiger partial charge in [-0.1, -0.05) is 30.3 Å². The van der Waals surface area contributed by atoms with Crippen LogP contribution < -0.4 is 4.74 Å². The largest absolute Gasteiger partial charge is 0.484 e. The summed E-state index contributed by atoms with van der Waals surface area (Å²) < 4.78 is 5.69. The van der Waals surface area contributed by atoms with Crippen molar-refractivity contribution in [2.75, 3.05) is 13.7 Å². The van der Waals surface area contributed by atoms with Crippen molar-refractivity contribution in [1.29, 1.82) is 0 Å². The SMILES string of the molecule is Cc1ccccc1CN(C)C(=O)COc1ccc2c(c1)CCC2. The highest BCUT2D eigenvalue weighted by molar-refractivity contribution is 5.77. The molecule has 0 unspecified atom stereocenters. The summed E-state index contributed by atoms with van der Waals surface area (Å²) in [5.41, 5.74) is 5.15. The zero-order valence-corrected chi connectivity index (χ0v) is 13.8. The Hall–Kier alpha value is -2.29. The highest BCUT2D eigenvalue weighted by Gasteiger charge is 2.14. The highest BCUT2D eigenvalue weighted by Crippen LogP contribution is 2.26. The Kier molecular flexibility index (Phi) is 4.65. The molecule has 3 rings (SSSR count). The normalized spacial score (nSPS) is 12.8. The maximum Gasteiger partial charge on any atom is 0.260 e. The van der Waals surface area contributed by atoms with Crippen molar-refractivity contribution in [2.45, 2.75) is 32.7 Å². The van der Waals surface area contributed by atoms with Gasteiger partial charge in [-0.15, -0.1) is 0 Å². The number of hydrogen-bond donors (Lipinski definition) is 0. The number of carbonyl (C=O) groups excluding carboxylic acids is 1. The lowest BCUT2D eigenvalue weighted by Gasteiger charge is -2.19. The van der Waals surface area contributed by atoms with Crippen LogP contribution in [0, 0.1) is 6.92 Å². The molecule has 0 saturated heterocycles. The Morgan fingerprint density at radius 1 is 1.13 bits per heavy atom. The van der Waals surface area contributed by atoms with Gasteiger partial charge in [0.25, 0.3) is 5.91 Å². The van der Waals surface area contributed by atoms with Gasteiger partial charge in [0.1, 0.15) is 5.75 Å². The van der Waals surface area contributed by atoms with E-state index in [1.807, 2.05) is 25.2 Å². The van der Waals surface area contributed by atoms with Crippen molar-refractivity contribution in [3.8, 4) is 5.75 Å². The Morgan fingerprint density at radius 2 is 1.91 bits per heavy atom. The molecule has 0 heterocycles. The summed E-state index contributed by atoms with van der Waals surface area (Å²) in [6.45, 7) is 2.76. The minimum Gasteiger partial charge on any atom is -0.484 e. The molecule has 1 aliphatic carbocycles. The summed E-state index contributed by atoms with van der Waals surface area (Å²) in [5, 5.41) is 0. The van der Waals surface area contributed by atoms with Gasteiger partial charge in [0.15, 0.2) is 6.61 Å². The third-order valence-corrected chi connectivity index (χ3v) is 4.53. The van der Waals surface area contributed by atoms with E-state index in [-0.39, 0.29) is 12.5 Å². The van der Waals surface area contributed by atoms with Gasteiger partial charge in [-0.25, -0.2) is 0 Å². The first-order chi connectivity index (χ1) is 11.1. The van der Waals surface area contributed by atoms with Gasteiger partial charge in [0, 0.05) is 13.6 Å². The van der Waals surface area contributed by atoms with Crippen LogP contribution >= 0.6 is 0 Å². The predicted octanol–water partition coefficient (Wildman–Crippen LogP) is 3.52. The molecule has 120 valence electrons. The maximum absolute atomic E-state index is 12.3. The number of carbonyl (C=O) groups is 1. The quantitative estimate of drug-likeness (QED) is 0.846. The number of ether oxygens (including phenoxy) is 1. The van der Waals surface area contributed by atoms with Crippen LogP contribution in [0.15, 0.2) is 42.5 Å². The fourth-order valence-corrected chi connectivity index (χ4v) is 3.02. The lowest BCUT2D eigenvalue weighted by atomic mass is 10.1. The van der Waals surface area contributed by atoms with E-state index in [9.17, 15) is 4.79 Å². The Morgan fingerprint density at radius 3 is 2.74 bits per heavy atom. The molecule has 0 spiro atoms. The fourth-order valence-electron chi connectivity index (χ4n) is 3.02. The number of fused-ring (bicyclic) bond motifs is 1. The van der Waals surface area contributed by atoms with Gasteiger partial charge in [-0.3, -0.25) is 4.79 Å². The summed E-state index contributed by atoms with van der Waals surface area (Å²) in [6, 6.07) is 14.3. The third-order valence-electron chi connectivity index (χ3n) is 4.53. The van der Waals surface area contributed by atoms with E-state index in [1.165, 1.54) is 28.7 Å². The predicted molar refractivity (Wildman–Crippen MR) is 91.6 cm³/mol. The molecular weight excluding hydrogens is 286 g/mol. The van der Waals surface area contributed by atoms with Crippen LogP contribution in [-0.4, -0.2) is 24.5 Å². The van der Waals surface area contributed by atoms with Crippen LogP contribution in [0.25, 0.3) is 0 Å². The number of benzene rings is 2. The van der Waals surface area contributed by atoms with Crippen molar-refractivity contribution in [3.05, 3.63) is 64.7 Å². The molecule has 0 N–H and O–H groups in total. The number of rotatable bonds is 5. The number of nitrogens with zero attached hydrogens (tertiary/aromatic N) is 1. The Bertz CT molecular complexity index is 709. The van der Waals surface area contributed by atoms with Crippen LogP contribution in [0.1, 0.15) is 28.7 Å². The van der Waals surface area contributed by atoms with Crippen molar-refractivity contribution < 1.29 is 9.53 Å². The summed E-state index contributed by atoms with van der Waals surface area (Å²) in [4.78, 5) is 14.0. The third kappa shape index (κ3) is 3.73. The standard InChI is InChI=1S/C20H23NO2/c1-15-6-3-4-7-18(15)13-21(2)20(22)14-23-19-11-10-16-8-5-9-17(16)12-19/h3-4,6-7,10-12H,5,8-9,13-14H2,1-2H3. The summed E-state index contributed by atoms with van der Waals surface area (Å²) in [6.07, 6.45) is 3.50. The Labute approximate surface area is 137 Å². The maximum atomic E-state index is 12.3. The van der Waals surface area contributed by atoms with Crippen molar-refractivity contribution in [1.82, 2.24) is 4.90 Å². The first-order valence-corrected chi connectivity index (χ1v) is 8.16. The first kappa shape index (κ1) is 15.6. The lowest BCUT2D eigenvalue weighted by Crippen LogP contribution is -2.31. The molecule has 2 aromatic rings. The lowest BCUT2D eigenvalue weighted by molar-refractivity contribution is -0.132. The van der Waals surface area contributed by atoms with E-state index >= 15 is 0 Å². The molecule has 0 aliphatic heterocycles. The van der Waals surface area contributed by atoms with E-state index in [0.717, 1.165) is 18.6 Å². The molecular formula is C20H23NO2. The molecule has 1 aliphatic rings. The number of aryl methyl sites for hydroxylation is 3. The Balaban J connectivity index is 1.55. The topological polar surface area (TPSA) is 29.5 Å². The monoisotopic (exact) mass is 309 g/mol. The van der Waals surface area contributed by atoms with Crippen LogP contribution in [0.2, 0.25) is 0 Å². The first-order valence-electron chi connectivity index (χ1n) is 8.16. The van der Waals surface area contributed by atoms with Crippen molar-refractivity contribution >= 4 is 5.91 Å². The fraction of sp³-hybridized carbons (Fsp3) is 0.350. The van der Waals surface area contributed by atoms with Crippen molar-refractivity contribution in [3.63, 3.8) is 0 Å². The minimum absolute atomic E-state index is 0.00579. The van der Waals surface area contributed by atoms with Gasteiger partial charge in [0.2, 0.25) is 0 Å². The molecule has 0 fully saturated rings. The molecule has 1 amide bonds. The van der Waals surface area contributed by atoms with E-state index in [1.54, 1.807) is 4.90 Å². The molecule has 23 heavy (non-hydrogen) atoms. The number of amides is 1. The molecule has 3 heteroatoms. The molecule has 0 saturated carbocycles. The molecule has 0 aromatic heterocycles. The van der Waals surface area contributed by atoms with Gasteiger partial charge < -0.3 is 9.64 Å². The molecule has 0 radical (unpaired) electrons. The summed E-state index contributed by atoms with van der Waals surface area (Å²) in [5.74, 6) is 0.789. The molecule has 0 bridgehead atoms. The van der Waals surface area contributed by atoms with Gasteiger partial charge >= 0.3 is 0 Å². The highest BCUT2D eigenvalue weighted by atomic mass is 16.5. The van der Waals surface area contributed by atoms with Gasteiger partial charge in [-0.05, 0) is 60.6 Å². The van der Waals surface area contributed by atoms with Crippen LogP contribution in [0.3, 0.4) is 0 Å². The number of hydrogen-bond acceptors (Lipinski definition) is 2. The average molecular weight is 309 g/mol. The second-order valence-electron chi connectivity index (χ2n) is 6.25. The zero-order chi connectivity index (χ0) is 16.2. The van der Waals surface area contributed by atoms with E-state index < -0.39 is 0 Å². The minimum atomic E-state index is -0.00579. The average Bonchev–Trinajstić information content (AvgIpc) is 3.02. The van der Waals surface area contributed by atoms with E-state index in [2.05, 4.69) is 31.2 Å². The smallest absolute Gasteiger partial charge is 0.260 e. The summed E-state index contributed by atoms with van der Waals surface area (Å²) >= 11 is 0. The van der Waals surface area contributed by atoms with Crippen molar-refractivity contribution in [2.24, 2.45) is 0 Å².